The average molecular weight is 377 g/mol. The Balaban J connectivity index is 1.60. The first-order valence-corrected chi connectivity index (χ1v) is 9.30. The maximum Gasteiger partial charge on any atom is 0.238 e. The SMILES string of the molecule is CC(=O)c1ccccc1NC(=O)CN1CCCN(c2ncccc2C#N)CC1. The van der Waals surface area contributed by atoms with Crippen molar-refractivity contribution >= 4 is 23.2 Å². The fourth-order valence-corrected chi connectivity index (χ4v) is 3.37. The minimum absolute atomic E-state index is 0.0787. The second kappa shape index (κ2) is 9.11. The standard InChI is InChI=1S/C21H23N5O2/c1-16(27)18-7-2-3-8-19(18)24-20(28)15-25-10-5-11-26(13-12-25)21-17(14-22)6-4-9-23-21/h2-4,6-9H,5,10-13,15H2,1H3,(H,24,28). The molecule has 1 N–H and O–H groups in total. The highest BCUT2D eigenvalue weighted by Crippen LogP contribution is 2.19. The molecule has 7 heteroatoms. The van der Waals surface area contributed by atoms with Crippen LogP contribution in [0.2, 0.25) is 0 Å². The van der Waals surface area contributed by atoms with Gasteiger partial charge in [0.05, 0.1) is 17.8 Å². The van der Waals surface area contributed by atoms with Crippen molar-refractivity contribution < 1.29 is 9.59 Å². The number of para-hydroxylation sites is 1. The quantitative estimate of drug-likeness (QED) is 0.805. The number of pyridine rings is 1. The first kappa shape index (κ1) is 19.5. The lowest BCUT2D eigenvalue weighted by Crippen LogP contribution is -2.36. The average Bonchev–Trinajstić information content (AvgIpc) is 2.93. The van der Waals surface area contributed by atoms with E-state index >= 15 is 0 Å². The molecule has 2 aromatic rings. The van der Waals surface area contributed by atoms with Gasteiger partial charge in [0.1, 0.15) is 11.9 Å². The van der Waals surface area contributed by atoms with Crippen LogP contribution >= 0.6 is 0 Å². The summed E-state index contributed by atoms with van der Waals surface area (Å²) < 4.78 is 0. The van der Waals surface area contributed by atoms with Crippen molar-refractivity contribution in [2.24, 2.45) is 0 Å². The monoisotopic (exact) mass is 377 g/mol. The number of hydrogen-bond donors (Lipinski definition) is 1. The Hall–Kier alpha value is -3.24. The highest BCUT2D eigenvalue weighted by Gasteiger charge is 2.20. The summed E-state index contributed by atoms with van der Waals surface area (Å²) in [4.78, 5) is 32.7. The number of carbonyl (C=O) groups excluding carboxylic acids is 2. The van der Waals surface area contributed by atoms with Crippen LogP contribution in [0.5, 0.6) is 0 Å². The van der Waals surface area contributed by atoms with Crippen molar-refractivity contribution in [1.82, 2.24) is 9.88 Å². The van der Waals surface area contributed by atoms with Gasteiger partial charge in [-0.2, -0.15) is 5.26 Å². The third-order valence-electron chi connectivity index (χ3n) is 4.74. The smallest absolute Gasteiger partial charge is 0.238 e. The van der Waals surface area contributed by atoms with Crippen LogP contribution in [0.25, 0.3) is 0 Å². The molecule has 7 nitrogen and oxygen atoms in total. The first-order valence-electron chi connectivity index (χ1n) is 9.30. The number of amides is 1. The van der Waals surface area contributed by atoms with Gasteiger partial charge in [-0.3, -0.25) is 14.5 Å². The van der Waals surface area contributed by atoms with Gasteiger partial charge in [0, 0.05) is 37.9 Å². The van der Waals surface area contributed by atoms with Crippen LogP contribution in [0, 0.1) is 11.3 Å². The van der Waals surface area contributed by atoms with Crippen molar-refractivity contribution in [2.45, 2.75) is 13.3 Å². The number of nitriles is 1. The van der Waals surface area contributed by atoms with Gasteiger partial charge in [-0.1, -0.05) is 12.1 Å². The molecule has 1 saturated heterocycles. The van der Waals surface area contributed by atoms with Gasteiger partial charge in [-0.25, -0.2) is 4.98 Å². The summed E-state index contributed by atoms with van der Waals surface area (Å²) in [5, 5.41) is 12.1. The molecule has 1 aliphatic heterocycles. The molecule has 2 heterocycles. The molecule has 0 aliphatic carbocycles. The lowest BCUT2D eigenvalue weighted by Gasteiger charge is -2.23. The molecule has 1 aliphatic rings. The van der Waals surface area contributed by atoms with Crippen LogP contribution < -0.4 is 10.2 Å². The lowest BCUT2D eigenvalue weighted by atomic mass is 10.1. The Bertz CT molecular complexity index is 906. The number of nitrogens with one attached hydrogen (secondary N) is 1. The Morgan fingerprint density at radius 1 is 1.14 bits per heavy atom. The predicted molar refractivity (Wildman–Crippen MR) is 107 cm³/mol. The largest absolute Gasteiger partial charge is 0.354 e. The molecule has 1 amide bonds. The zero-order valence-corrected chi connectivity index (χ0v) is 15.9. The Labute approximate surface area is 164 Å². The van der Waals surface area contributed by atoms with Crippen LogP contribution in [-0.2, 0) is 4.79 Å². The highest BCUT2D eigenvalue weighted by molar-refractivity contribution is 6.04. The number of ketones is 1. The molecule has 144 valence electrons. The van der Waals surface area contributed by atoms with Crippen molar-refractivity contribution in [2.75, 3.05) is 42.9 Å². The number of carbonyl (C=O) groups is 2. The summed E-state index contributed by atoms with van der Waals surface area (Å²) in [5.74, 6) is 0.481. The molecule has 0 bridgehead atoms. The van der Waals surface area contributed by atoms with Crippen LogP contribution in [0.4, 0.5) is 11.5 Å². The van der Waals surface area contributed by atoms with E-state index < -0.39 is 0 Å². The van der Waals surface area contributed by atoms with Gasteiger partial charge in [-0.15, -0.1) is 0 Å². The molecule has 0 radical (unpaired) electrons. The Kier molecular flexibility index (Phi) is 6.35. The normalized spacial score (nSPS) is 14.8. The number of nitrogens with zero attached hydrogens (tertiary/aromatic N) is 4. The second-order valence-corrected chi connectivity index (χ2v) is 6.75. The lowest BCUT2D eigenvalue weighted by molar-refractivity contribution is -0.117. The summed E-state index contributed by atoms with van der Waals surface area (Å²) in [5.41, 5.74) is 1.62. The van der Waals surface area contributed by atoms with Crippen LogP contribution in [0.3, 0.4) is 0 Å². The Morgan fingerprint density at radius 3 is 2.75 bits per heavy atom. The van der Waals surface area contributed by atoms with E-state index in [4.69, 9.17) is 0 Å². The molecule has 0 unspecified atom stereocenters. The molecule has 3 rings (SSSR count). The van der Waals surface area contributed by atoms with E-state index in [2.05, 4.69) is 26.2 Å². The van der Waals surface area contributed by atoms with E-state index in [9.17, 15) is 14.9 Å². The van der Waals surface area contributed by atoms with E-state index in [1.54, 1.807) is 42.6 Å². The zero-order chi connectivity index (χ0) is 19.9. The number of rotatable bonds is 5. The molecule has 0 spiro atoms. The fraction of sp³-hybridized carbons (Fsp3) is 0.333. The zero-order valence-electron chi connectivity index (χ0n) is 15.9. The molecule has 1 aromatic carbocycles. The topological polar surface area (TPSA) is 89.3 Å². The number of anilines is 2. The highest BCUT2D eigenvalue weighted by atomic mass is 16.2. The molecule has 28 heavy (non-hydrogen) atoms. The maximum absolute atomic E-state index is 12.5. The van der Waals surface area contributed by atoms with E-state index in [1.807, 2.05) is 0 Å². The van der Waals surface area contributed by atoms with Gasteiger partial charge in [0.25, 0.3) is 0 Å². The summed E-state index contributed by atoms with van der Waals surface area (Å²) >= 11 is 0. The number of hydrogen-bond acceptors (Lipinski definition) is 6. The maximum atomic E-state index is 12.5. The summed E-state index contributed by atoms with van der Waals surface area (Å²) in [6.07, 6.45) is 2.57. The number of benzene rings is 1. The molecular weight excluding hydrogens is 354 g/mol. The molecule has 0 atom stereocenters. The van der Waals surface area contributed by atoms with Gasteiger partial charge in [0.2, 0.25) is 5.91 Å². The van der Waals surface area contributed by atoms with Gasteiger partial charge in [0.15, 0.2) is 5.78 Å². The third-order valence-corrected chi connectivity index (χ3v) is 4.74. The van der Waals surface area contributed by atoms with Gasteiger partial charge < -0.3 is 10.2 Å². The summed E-state index contributed by atoms with van der Waals surface area (Å²) in [6.45, 7) is 4.71. The van der Waals surface area contributed by atoms with E-state index in [-0.39, 0.29) is 18.2 Å². The van der Waals surface area contributed by atoms with Gasteiger partial charge >= 0.3 is 0 Å². The fourth-order valence-electron chi connectivity index (χ4n) is 3.37. The number of aromatic nitrogens is 1. The van der Waals surface area contributed by atoms with Crippen molar-refractivity contribution in [3.05, 3.63) is 53.7 Å². The summed E-state index contributed by atoms with van der Waals surface area (Å²) in [7, 11) is 0. The first-order chi connectivity index (χ1) is 13.6. The van der Waals surface area contributed by atoms with Crippen molar-refractivity contribution in [1.29, 1.82) is 5.26 Å². The van der Waals surface area contributed by atoms with Crippen molar-refractivity contribution in [3.8, 4) is 6.07 Å². The molecule has 1 aromatic heterocycles. The predicted octanol–water partition coefficient (Wildman–Crippen LogP) is 2.31. The second-order valence-electron chi connectivity index (χ2n) is 6.75. The molecule has 1 fully saturated rings. The Morgan fingerprint density at radius 2 is 1.96 bits per heavy atom. The van der Waals surface area contributed by atoms with E-state index in [0.29, 0.717) is 35.7 Å². The molecular formula is C21H23N5O2. The number of Topliss-reactive ketones (excluding diaryl/α,β-unsaturated/α-hetero) is 1. The minimum Gasteiger partial charge on any atom is -0.354 e. The molecule has 0 saturated carbocycles. The summed E-state index contributed by atoms with van der Waals surface area (Å²) in [6, 6.07) is 12.7. The van der Waals surface area contributed by atoms with Crippen LogP contribution in [0.15, 0.2) is 42.6 Å². The third kappa shape index (κ3) is 4.72. The van der Waals surface area contributed by atoms with Crippen LogP contribution in [-0.4, -0.2) is 54.3 Å². The van der Waals surface area contributed by atoms with Crippen molar-refractivity contribution in [3.63, 3.8) is 0 Å². The van der Waals surface area contributed by atoms with Crippen LogP contribution in [0.1, 0.15) is 29.3 Å². The van der Waals surface area contributed by atoms with E-state index in [1.165, 1.54) is 6.92 Å². The minimum atomic E-state index is -0.141. The van der Waals surface area contributed by atoms with Gasteiger partial charge in [-0.05, 0) is 37.6 Å². The van der Waals surface area contributed by atoms with E-state index in [0.717, 1.165) is 19.5 Å².